The Morgan fingerprint density at radius 1 is 1.33 bits per heavy atom. The Labute approximate surface area is 89.3 Å². The molecule has 4 nitrogen and oxygen atoms in total. The topological polar surface area (TPSA) is 46.5 Å². The lowest BCUT2D eigenvalue weighted by Crippen LogP contribution is -2.01. The summed E-state index contributed by atoms with van der Waals surface area (Å²) in [5, 5.41) is 11.4. The maximum Gasteiger partial charge on any atom is 0.0713 e. The van der Waals surface area contributed by atoms with Gasteiger partial charge in [0.15, 0.2) is 0 Å². The summed E-state index contributed by atoms with van der Waals surface area (Å²) in [6.45, 7) is 7.27. The van der Waals surface area contributed by atoms with Gasteiger partial charge in [-0.2, -0.15) is 10.2 Å². The normalized spacial score (nSPS) is 10.9. The Kier molecular flexibility index (Phi) is 2.58. The van der Waals surface area contributed by atoms with Gasteiger partial charge in [0.2, 0.25) is 0 Å². The van der Waals surface area contributed by atoms with Crippen LogP contribution < -0.4 is 0 Å². The molecular weight excluding hydrogens is 188 g/mol. The lowest BCUT2D eigenvalue weighted by atomic mass is 10.1. The van der Waals surface area contributed by atoms with Gasteiger partial charge >= 0.3 is 0 Å². The van der Waals surface area contributed by atoms with Crippen LogP contribution in [0, 0.1) is 13.8 Å². The monoisotopic (exact) mass is 204 g/mol. The molecule has 0 saturated heterocycles. The number of nitrogens with one attached hydrogen (secondary N) is 1. The van der Waals surface area contributed by atoms with Crippen LogP contribution >= 0.6 is 0 Å². The van der Waals surface area contributed by atoms with Crippen LogP contribution in [0.4, 0.5) is 0 Å². The first kappa shape index (κ1) is 9.96. The van der Waals surface area contributed by atoms with Crippen LogP contribution in [0.1, 0.15) is 24.6 Å². The van der Waals surface area contributed by atoms with E-state index >= 15 is 0 Å². The fraction of sp³-hybridized carbons (Fsp3) is 0.455. The Morgan fingerprint density at radius 3 is 2.73 bits per heavy atom. The SMILES string of the molecule is CCCn1ncc(-c2[nH]ncc2C)c1C. The summed E-state index contributed by atoms with van der Waals surface area (Å²) in [5.74, 6) is 0. The van der Waals surface area contributed by atoms with Gasteiger partial charge in [-0.15, -0.1) is 0 Å². The van der Waals surface area contributed by atoms with Crippen molar-refractivity contribution in [3.05, 3.63) is 23.7 Å². The van der Waals surface area contributed by atoms with E-state index in [1.807, 2.05) is 17.1 Å². The Hall–Kier alpha value is -1.58. The molecule has 0 aliphatic carbocycles. The van der Waals surface area contributed by atoms with Crippen LogP contribution in [0.3, 0.4) is 0 Å². The Morgan fingerprint density at radius 2 is 2.13 bits per heavy atom. The average molecular weight is 204 g/mol. The summed E-state index contributed by atoms with van der Waals surface area (Å²) in [6, 6.07) is 0. The summed E-state index contributed by atoms with van der Waals surface area (Å²) < 4.78 is 2.04. The van der Waals surface area contributed by atoms with Crippen LogP contribution in [0.5, 0.6) is 0 Å². The quantitative estimate of drug-likeness (QED) is 0.833. The van der Waals surface area contributed by atoms with Crippen molar-refractivity contribution in [3.8, 4) is 11.3 Å². The minimum absolute atomic E-state index is 0.971. The molecule has 0 unspecified atom stereocenters. The highest BCUT2D eigenvalue weighted by molar-refractivity contribution is 5.63. The maximum atomic E-state index is 4.37. The van der Waals surface area contributed by atoms with Gasteiger partial charge in [-0.25, -0.2) is 0 Å². The predicted octanol–water partition coefficient (Wildman–Crippen LogP) is 2.30. The van der Waals surface area contributed by atoms with Gasteiger partial charge in [0.1, 0.15) is 0 Å². The molecule has 2 aromatic heterocycles. The molecule has 0 aliphatic heterocycles. The van der Waals surface area contributed by atoms with Crippen LogP contribution in [-0.2, 0) is 6.54 Å². The Bertz CT molecular complexity index is 453. The first-order valence-corrected chi connectivity index (χ1v) is 5.26. The lowest BCUT2D eigenvalue weighted by Gasteiger charge is -2.02. The highest BCUT2D eigenvalue weighted by Crippen LogP contribution is 2.23. The first-order valence-electron chi connectivity index (χ1n) is 5.26. The molecule has 2 heterocycles. The van der Waals surface area contributed by atoms with E-state index in [0.29, 0.717) is 0 Å². The highest BCUT2D eigenvalue weighted by atomic mass is 15.3. The number of nitrogens with zero attached hydrogens (tertiary/aromatic N) is 3. The molecule has 2 aromatic rings. The smallest absolute Gasteiger partial charge is 0.0713 e. The molecule has 0 amide bonds. The standard InChI is InChI=1S/C11H16N4/c1-4-5-15-9(3)10(7-13-15)11-8(2)6-12-14-11/h6-7H,4-5H2,1-3H3,(H,12,14). The molecule has 2 rings (SSSR count). The van der Waals surface area contributed by atoms with Crippen molar-refractivity contribution >= 4 is 0 Å². The third-order valence-corrected chi connectivity index (χ3v) is 2.64. The second kappa shape index (κ2) is 3.88. The van der Waals surface area contributed by atoms with E-state index in [2.05, 4.69) is 36.1 Å². The van der Waals surface area contributed by atoms with E-state index in [-0.39, 0.29) is 0 Å². The fourth-order valence-electron chi connectivity index (χ4n) is 1.75. The molecule has 0 saturated carbocycles. The van der Waals surface area contributed by atoms with E-state index < -0.39 is 0 Å². The molecule has 0 spiro atoms. The maximum absolute atomic E-state index is 4.37. The van der Waals surface area contributed by atoms with Crippen LogP contribution in [0.25, 0.3) is 11.3 Å². The molecule has 80 valence electrons. The van der Waals surface area contributed by atoms with Crippen molar-refractivity contribution in [1.29, 1.82) is 0 Å². The van der Waals surface area contributed by atoms with Gasteiger partial charge in [-0.1, -0.05) is 6.92 Å². The van der Waals surface area contributed by atoms with Gasteiger partial charge in [-0.05, 0) is 25.8 Å². The van der Waals surface area contributed by atoms with E-state index in [9.17, 15) is 0 Å². The number of aromatic nitrogens is 4. The van der Waals surface area contributed by atoms with Crippen molar-refractivity contribution in [2.75, 3.05) is 0 Å². The molecule has 1 N–H and O–H groups in total. The molecule has 0 bridgehead atoms. The number of hydrogen-bond acceptors (Lipinski definition) is 2. The number of aromatic amines is 1. The number of rotatable bonds is 3. The van der Waals surface area contributed by atoms with Crippen LogP contribution in [-0.4, -0.2) is 20.0 Å². The van der Waals surface area contributed by atoms with Crippen LogP contribution in [0.15, 0.2) is 12.4 Å². The number of H-pyrrole nitrogens is 1. The largest absolute Gasteiger partial charge is 0.277 e. The van der Waals surface area contributed by atoms with E-state index in [4.69, 9.17) is 0 Å². The van der Waals surface area contributed by atoms with Gasteiger partial charge in [0, 0.05) is 17.8 Å². The van der Waals surface area contributed by atoms with Crippen molar-refractivity contribution in [2.45, 2.75) is 33.7 Å². The van der Waals surface area contributed by atoms with Gasteiger partial charge in [0.25, 0.3) is 0 Å². The second-order valence-electron chi connectivity index (χ2n) is 3.79. The minimum Gasteiger partial charge on any atom is -0.277 e. The third kappa shape index (κ3) is 1.67. The van der Waals surface area contributed by atoms with Crippen molar-refractivity contribution in [2.24, 2.45) is 0 Å². The molecule has 0 radical (unpaired) electrons. The van der Waals surface area contributed by atoms with Crippen molar-refractivity contribution in [1.82, 2.24) is 20.0 Å². The van der Waals surface area contributed by atoms with Crippen molar-refractivity contribution < 1.29 is 0 Å². The second-order valence-corrected chi connectivity index (χ2v) is 3.79. The minimum atomic E-state index is 0.971. The summed E-state index contributed by atoms with van der Waals surface area (Å²) in [5.41, 5.74) is 4.59. The van der Waals surface area contributed by atoms with Gasteiger partial charge in [-0.3, -0.25) is 9.78 Å². The zero-order chi connectivity index (χ0) is 10.8. The van der Waals surface area contributed by atoms with E-state index in [0.717, 1.165) is 29.8 Å². The van der Waals surface area contributed by atoms with Crippen molar-refractivity contribution in [3.63, 3.8) is 0 Å². The first-order chi connectivity index (χ1) is 7.24. The average Bonchev–Trinajstić information content (AvgIpc) is 2.76. The van der Waals surface area contributed by atoms with E-state index in [1.54, 1.807) is 0 Å². The molecule has 0 aliphatic rings. The number of hydrogen-bond donors (Lipinski definition) is 1. The summed E-state index contributed by atoms with van der Waals surface area (Å²) in [4.78, 5) is 0. The molecule has 0 aromatic carbocycles. The molecule has 0 atom stereocenters. The summed E-state index contributed by atoms with van der Waals surface area (Å²) in [6.07, 6.45) is 4.85. The predicted molar refractivity (Wildman–Crippen MR) is 59.6 cm³/mol. The molecular formula is C11H16N4. The lowest BCUT2D eigenvalue weighted by molar-refractivity contribution is 0.587. The summed E-state index contributed by atoms with van der Waals surface area (Å²) >= 11 is 0. The van der Waals surface area contributed by atoms with Gasteiger partial charge < -0.3 is 0 Å². The zero-order valence-electron chi connectivity index (χ0n) is 9.41. The molecule has 4 heteroatoms. The summed E-state index contributed by atoms with van der Waals surface area (Å²) in [7, 11) is 0. The zero-order valence-corrected chi connectivity index (χ0v) is 9.41. The molecule has 15 heavy (non-hydrogen) atoms. The number of aryl methyl sites for hydroxylation is 2. The van der Waals surface area contributed by atoms with E-state index in [1.165, 1.54) is 5.69 Å². The fourth-order valence-corrected chi connectivity index (χ4v) is 1.75. The Balaban J connectivity index is 2.42. The van der Waals surface area contributed by atoms with Crippen LogP contribution in [0.2, 0.25) is 0 Å². The highest BCUT2D eigenvalue weighted by Gasteiger charge is 2.11. The molecule has 0 fully saturated rings. The van der Waals surface area contributed by atoms with Gasteiger partial charge in [0.05, 0.1) is 18.1 Å². The third-order valence-electron chi connectivity index (χ3n) is 2.64.